The van der Waals surface area contributed by atoms with Crippen LogP contribution in [0.3, 0.4) is 0 Å². The van der Waals surface area contributed by atoms with E-state index in [2.05, 4.69) is 10.7 Å². The van der Waals surface area contributed by atoms with Gasteiger partial charge in [0.25, 0.3) is 17.4 Å². The van der Waals surface area contributed by atoms with Crippen molar-refractivity contribution in [3.63, 3.8) is 0 Å². The molecule has 0 aromatic rings. The maximum Gasteiger partial charge on any atom is 0.471 e. The molecule has 0 spiro atoms. The first-order valence-corrected chi connectivity index (χ1v) is 12.8. The lowest BCUT2D eigenvalue weighted by atomic mass is 9.95. The highest BCUT2D eigenvalue weighted by molar-refractivity contribution is 6.29. The van der Waals surface area contributed by atoms with E-state index in [4.69, 9.17) is 11.6 Å². The van der Waals surface area contributed by atoms with Crippen molar-refractivity contribution in [1.29, 1.82) is 0 Å². The van der Waals surface area contributed by atoms with E-state index in [1.54, 1.807) is 12.2 Å². The maximum atomic E-state index is 13.7. The van der Waals surface area contributed by atoms with Gasteiger partial charge in [-0.1, -0.05) is 45.7 Å². The van der Waals surface area contributed by atoms with Gasteiger partial charge in [0.1, 0.15) is 12.1 Å². The van der Waals surface area contributed by atoms with Crippen LogP contribution in [0.1, 0.15) is 40.5 Å². The highest BCUT2D eigenvalue weighted by Gasteiger charge is 2.70. The van der Waals surface area contributed by atoms with Crippen molar-refractivity contribution in [3.05, 3.63) is 0 Å². The molecule has 214 valence electrons. The molecule has 1 saturated carbocycles. The summed E-state index contributed by atoms with van der Waals surface area (Å²) in [5.41, 5.74) is -0.615. The lowest BCUT2D eigenvalue weighted by Gasteiger charge is -2.36. The highest BCUT2D eigenvalue weighted by atomic mass is 35.5. The molecule has 7 atom stereocenters. The van der Waals surface area contributed by atoms with Gasteiger partial charge in [0.15, 0.2) is 0 Å². The van der Waals surface area contributed by atoms with Crippen LogP contribution in [0.5, 0.6) is 0 Å². The summed E-state index contributed by atoms with van der Waals surface area (Å²) in [6, 6.07) is -2.76. The van der Waals surface area contributed by atoms with Crippen molar-refractivity contribution in [3.8, 4) is 0 Å². The second-order valence-corrected chi connectivity index (χ2v) is 11.1. The summed E-state index contributed by atoms with van der Waals surface area (Å²) in [6.45, 7) is 6.89. The van der Waals surface area contributed by atoms with Gasteiger partial charge in [-0.05, 0) is 29.6 Å². The Kier molecular flexibility index (Phi) is 8.54. The standard InChI is InChI=1S/C23H32ClF4N5O5/c1-5-10(2)14(30-21(38)23(26,27)28)19(36)32-9-12-13(22(12,3)4)15(32)18(35)31-33(20(37)16(24)25)8-11-6-7-29-17(11)34/h10-16H,5-9H2,1-4H3,(H,29,34)(H,30,38)(H,31,35)/t10-,11-,12-,13-,14-,15-,16+/m0/s1. The zero-order chi connectivity index (χ0) is 28.7. The van der Waals surface area contributed by atoms with Crippen LogP contribution in [0.25, 0.3) is 0 Å². The van der Waals surface area contributed by atoms with Crippen LogP contribution in [0.15, 0.2) is 0 Å². The van der Waals surface area contributed by atoms with E-state index in [0.29, 0.717) is 18.0 Å². The van der Waals surface area contributed by atoms with Gasteiger partial charge in [-0.3, -0.25) is 29.4 Å². The topological polar surface area (TPSA) is 128 Å². The van der Waals surface area contributed by atoms with E-state index in [0.717, 1.165) is 4.90 Å². The molecule has 5 amide bonds. The van der Waals surface area contributed by atoms with Gasteiger partial charge in [-0.2, -0.15) is 13.2 Å². The monoisotopic (exact) mass is 569 g/mol. The second kappa shape index (κ2) is 10.9. The minimum Gasteiger partial charge on any atom is -0.356 e. The fourth-order valence-corrected chi connectivity index (χ4v) is 5.56. The largest absolute Gasteiger partial charge is 0.471 e. The molecule has 15 heteroatoms. The van der Waals surface area contributed by atoms with Crippen LogP contribution < -0.4 is 16.1 Å². The highest BCUT2D eigenvalue weighted by Crippen LogP contribution is 2.65. The third kappa shape index (κ3) is 5.84. The number of likely N-dealkylation sites (tertiary alicyclic amines) is 1. The number of fused-ring (bicyclic) bond motifs is 1. The van der Waals surface area contributed by atoms with Crippen LogP contribution in [0.2, 0.25) is 0 Å². The molecular formula is C23H32ClF4N5O5. The third-order valence-electron chi connectivity index (χ3n) is 8.05. The summed E-state index contributed by atoms with van der Waals surface area (Å²) in [4.78, 5) is 64.2. The summed E-state index contributed by atoms with van der Waals surface area (Å²) in [6.07, 6.45) is -4.62. The van der Waals surface area contributed by atoms with Gasteiger partial charge < -0.3 is 15.5 Å². The van der Waals surface area contributed by atoms with Gasteiger partial charge in [-0.25, -0.2) is 9.40 Å². The molecule has 0 radical (unpaired) electrons. The van der Waals surface area contributed by atoms with Crippen molar-refractivity contribution in [2.75, 3.05) is 19.6 Å². The van der Waals surface area contributed by atoms with E-state index in [9.17, 15) is 41.5 Å². The zero-order valence-electron chi connectivity index (χ0n) is 21.4. The van der Waals surface area contributed by atoms with Gasteiger partial charge in [0, 0.05) is 13.1 Å². The number of nitrogens with zero attached hydrogens (tertiary/aromatic N) is 2. The van der Waals surface area contributed by atoms with Crippen LogP contribution in [0, 0.1) is 29.1 Å². The number of carbonyl (C=O) groups excluding carboxylic acids is 5. The smallest absolute Gasteiger partial charge is 0.356 e. The number of hydrazine groups is 1. The van der Waals surface area contributed by atoms with E-state index in [1.165, 1.54) is 6.92 Å². The molecule has 0 bridgehead atoms. The first kappa shape index (κ1) is 29.9. The Balaban J connectivity index is 1.86. The molecule has 2 aliphatic heterocycles. The first-order valence-electron chi connectivity index (χ1n) is 12.4. The lowest BCUT2D eigenvalue weighted by molar-refractivity contribution is -0.175. The molecule has 2 saturated heterocycles. The van der Waals surface area contributed by atoms with Crippen molar-refractivity contribution < 1.29 is 41.5 Å². The average molecular weight is 570 g/mol. The number of hydrogen-bond donors (Lipinski definition) is 3. The number of alkyl halides is 5. The number of hydrogen-bond acceptors (Lipinski definition) is 5. The molecule has 2 heterocycles. The normalized spacial score (nSPS) is 28.0. The summed E-state index contributed by atoms with van der Waals surface area (Å²) in [7, 11) is 0. The van der Waals surface area contributed by atoms with Gasteiger partial charge in [0.05, 0.1) is 12.5 Å². The number of amides is 5. The average Bonchev–Trinajstić information content (AvgIpc) is 3.19. The SMILES string of the molecule is CC[C@H](C)[C@H](NC(=O)C(F)(F)F)C(=O)N1C[C@H]2[C@@H]([C@H]1C(=O)NN(C[C@@H]1CCNC1=O)C(=O)[C@@H](F)Cl)C2(C)C. The lowest BCUT2D eigenvalue weighted by Crippen LogP contribution is -2.61. The maximum absolute atomic E-state index is 13.7. The zero-order valence-corrected chi connectivity index (χ0v) is 22.2. The number of halogens is 5. The number of rotatable bonds is 8. The quantitative estimate of drug-likeness (QED) is 0.229. The van der Waals surface area contributed by atoms with Crippen LogP contribution in [-0.2, 0) is 24.0 Å². The third-order valence-corrected chi connectivity index (χ3v) is 8.23. The first-order chi connectivity index (χ1) is 17.5. The Labute approximate surface area is 222 Å². The Bertz CT molecular complexity index is 994. The Morgan fingerprint density at radius 2 is 1.89 bits per heavy atom. The Morgan fingerprint density at radius 1 is 1.26 bits per heavy atom. The molecule has 38 heavy (non-hydrogen) atoms. The number of piperidine rings is 1. The molecule has 0 unspecified atom stereocenters. The van der Waals surface area contributed by atoms with Gasteiger partial charge >= 0.3 is 12.1 Å². The van der Waals surface area contributed by atoms with Crippen molar-refractivity contribution >= 4 is 41.1 Å². The van der Waals surface area contributed by atoms with Gasteiger partial charge in [0.2, 0.25) is 11.8 Å². The molecule has 3 N–H and O–H groups in total. The summed E-state index contributed by atoms with van der Waals surface area (Å²) < 4.78 is 52.6. The van der Waals surface area contributed by atoms with Crippen molar-refractivity contribution in [2.45, 2.75) is 64.4 Å². The van der Waals surface area contributed by atoms with E-state index in [1.807, 2.05) is 13.8 Å². The molecule has 3 fully saturated rings. The van der Waals surface area contributed by atoms with E-state index < -0.39 is 70.7 Å². The fraction of sp³-hybridized carbons (Fsp3) is 0.783. The summed E-state index contributed by atoms with van der Waals surface area (Å²) in [5.74, 6) is -7.68. The van der Waals surface area contributed by atoms with Crippen LogP contribution in [-0.4, -0.2) is 83.0 Å². The van der Waals surface area contributed by atoms with Crippen molar-refractivity contribution in [1.82, 2.24) is 26.0 Å². The Hall–Kier alpha value is -2.64. The Morgan fingerprint density at radius 3 is 2.39 bits per heavy atom. The second-order valence-electron chi connectivity index (χ2n) is 10.7. The summed E-state index contributed by atoms with van der Waals surface area (Å²) in [5, 5.41) is 4.94. The minimum atomic E-state index is -5.21. The molecule has 10 nitrogen and oxygen atoms in total. The number of nitrogens with one attached hydrogen (secondary N) is 3. The summed E-state index contributed by atoms with van der Waals surface area (Å²) >= 11 is 5.32. The minimum absolute atomic E-state index is 0.0453. The molecule has 1 aliphatic carbocycles. The van der Waals surface area contributed by atoms with E-state index in [-0.39, 0.29) is 31.3 Å². The molecular weight excluding hydrogens is 538 g/mol. The van der Waals surface area contributed by atoms with Crippen LogP contribution in [0.4, 0.5) is 17.6 Å². The molecule has 3 rings (SSSR count). The number of carbonyl (C=O) groups is 5. The van der Waals surface area contributed by atoms with Crippen molar-refractivity contribution in [2.24, 2.45) is 29.1 Å². The molecule has 0 aromatic carbocycles. The molecule has 3 aliphatic rings. The fourth-order valence-electron chi connectivity index (χ4n) is 5.45. The molecule has 0 aromatic heterocycles. The van der Waals surface area contributed by atoms with E-state index >= 15 is 0 Å². The van der Waals surface area contributed by atoms with Crippen LogP contribution >= 0.6 is 11.6 Å². The predicted molar refractivity (Wildman–Crippen MR) is 125 cm³/mol. The van der Waals surface area contributed by atoms with Gasteiger partial charge in [-0.15, -0.1) is 0 Å². The predicted octanol–water partition coefficient (Wildman–Crippen LogP) is 1.09.